The van der Waals surface area contributed by atoms with Crippen LogP contribution in [-0.2, 0) is 17.9 Å². The second-order valence-electron chi connectivity index (χ2n) is 6.77. The molecular formula is C18H25N5O. The molecule has 1 aliphatic rings. The van der Waals surface area contributed by atoms with Gasteiger partial charge in [-0.3, -0.25) is 9.69 Å². The lowest BCUT2D eigenvalue weighted by Crippen LogP contribution is -2.50. The van der Waals surface area contributed by atoms with Gasteiger partial charge in [0, 0.05) is 19.6 Å². The molecule has 1 saturated heterocycles. The molecule has 0 spiro atoms. The Labute approximate surface area is 142 Å². The SMILES string of the molecule is Cc1ccccc1[C@H]1C(=O)NCCN1Cc1ncnn1CC(C)C. The van der Waals surface area contributed by atoms with Crippen molar-refractivity contribution in [3.63, 3.8) is 0 Å². The summed E-state index contributed by atoms with van der Waals surface area (Å²) in [6.45, 7) is 9.31. The first-order valence-corrected chi connectivity index (χ1v) is 8.50. The van der Waals surface area contributed by atoms with Crippen LogP contribution in [0.4, 0.5) is 0 Å². The van der Waals surface area contributed by atoms with Crippen molar-refractivity contribution in [2.24, 2.45) is 5.92 Å². The maximum atomic E-state index is 12.6. The van der Waals surface area contributed by atoms with Crippen LogP contribution in [0.15, 0.2) is 30.6 Å². The van der Waals surface area contributed by atoms with E-state index in [0.29, 0.717) is 19.0 Å². The van der Waals surface area contributed by atoms with Crippen molar-refractivity contribution >= 4 is 5.91 Å². The molecular weight excluding hydrogens is 302 g/mol. The van der Waals surface area contributed by atoms with Crippen molar-refractivity contribution in [1.29, 1.82) is 0 Å². The fraction of sp³-hybridized carbons (Fsp3) is 0.500. The Balaban J connectivity index is 1.87. The van der Waals surface area contributed by atoms with E-state index < -0.39 is 0 Å². The summed E-state index contributed by atoms with van der Waals surface area (Å²) in [5.41, 5.74) is 2.19. The van der Waals surface area contributed by atoms with E-state index in [9.17, 15) is 4.79 Å². The molecule has 3 rings (SSSR count). The largest absolute Gasteiger partial charge is 0.353 e. The molecule has 0 bridgehead atoms. The van der Waals surface area contributed by atoms with E-state index in [1.54, 1.807) is 6.33 Å². The highest BCUT2D eigenvalue weighted by Gasteiger charge is 2.32. The van der Waals surface area contributed by atoms with Gasteiger partial charge in [0.25, 0.3) is 0 Å². The lowest BCUT2D eigenvalue weighted by atomic mass is 9.97. The number of hydrogen-bond acceptors (Lipinski definition) is 4. The summed E-state index contributed by atoms with van der Waals surface area (Å²) in [7, 11) is 0. The third-order valence-corrected chi connectivity index (χ3v) is 4.37. The Kier molecular flexibility index (Phi) is 4.94. The quantitative estimate of drug-likeness (QED) is 0.911. The molecule has 1 amide bonds. The lowest BCUT2D eigenvalue weighted by molar-refractivity contribution is -0.129. The summed E-state index contributed by atoms with van der Waals surface area (Å²) in [6, 6.07) is 7.81. The van der Waals surface area contributed by atoms with Gasteiger partial charge >= 0.3 is 0 Å². The summed E-state index contributed by atoms with van der Waals surface area (Å²) in [5, 5.41) is 7.33. The molecule has 0 aliphatic carbocycles. The maximum absolute atomic E-state index is 12.6. The van der Waals surface area contributed by atoms with Crippen LogP contribution in [0.1, 0.15) is 36.8 Å². The Morgan fingerprint density at radius 3 is 2.88 bits per heavy atom. The molecule has 0 unspecified atom stereocenters. The first-order chi connectivity index (χ1) is 11.6. The van der Waals surface area contributed by atoms with Crippen LogP contribution < -0.4 is 5.32 Å². The van der Waals surface area contributed by atoms with Crippen molar-refractivity contribution in [1.82, 2.24) is 25.0 Å². The molecule has 0 radical (unpaired) electrons. The van der Waals surface area contributed by atoms with E-state index in [1.807, 2.05) is 22.9 Å². The van der Waals surface area contributed by atoms with Gasteiger partial charge in [0.05, 0.1) is 6.54 Å². The number of carbonyl (C=O) groups is 1. The molecule has 2 heterocycles. The zero-order valence-corrected chi connectivity index (χ0v) is 14.6. The predicted octanol–water partition coefficient (Wildman–Crippen LogP) is 1.92. The molecule has 1 N–H and O–H groups in total. The van der Waals surface area contributed by atoms with Crippen LogP contribution in [0.2, 0.25) is 0 Å². The van der Waals surface area contributed by atoms with Gasteiger partial charge in [0.15, 0.2) is 0 Å². The van der Waals surface area contributed by atoms with Gasteiger partial charge in [-0.05, 0) is 24.0 Å². The van der Waals surface area contributed by atoms with Crippen LogP contribution >= 0.6 is 0 Å². The Morgan fingerprint density at radius 2 is 2.12 bits per heavy atom. The van der Waals surface area contributed by atoms with Crippen LogP contribution in [0.25, 0.3) is 0 Å². The maximum Gasteiger partial charge on any atom is 0.242 e. The number of benzene rings is 1. The van der Waals surface area contributed by atoms with Crippen LogP contribution in [0.3, 0.4) is 0 Å². The first-order valence-electron chi connectivity index (χ1n) is 8.50. The standard InChI is InChI=1S/C18H25N5O/c1-13(2)10-23-16(20-12-21-23)11-22-9-8-19-18(24)17(22)15-7-5-4-6-14(15)3/h4-7,12-13,17H,8-11H2,1-3H3,(H,19,24)/t17-/m0/s1. The minimum absolute atomic E-state index is 0.0606. The second kappa shape index (κ2) is 7.13. The van der Waals surface area contributed by atoms with Crippen LogP contribution in [-0.4, -0.2) is 38.7 Å². The molecule has 6 heteroatoms. The molecule has 0 saturated carbocycles. The van der Waals surface area contributed by atoms with Gasteiger partial charge in [-0.2, -0.15) is 5.10 Å². The first kappa shape index (κ1) is 16.6. The summed E-state index contributed by atoms with van der Waals surface area (Å²) in [6.07, 6.45) is 1.60. The summed E-state index contributed by atoms with van der Waals surface area (Å²) >= 11 is 0. The van der Waals surface area contributed by atoms with E-state index in [4.69, 9.17) is 0 Å². The number of nitrogens with one attached hydrogen (secondary N) is 1. The minimum atomic E-state index is -0.274. The van der Waals surface area contributed by atoms with E-state index in [2.05, 4.69) is 47.1 Å². The smallest absolute Gasteiger partial charge is 0.242 e. The molecule has 24 heavy (non-hydrogen) atoms. The number of amides is 1. The number of aryl methyl sites for hydroxylation is 1. The Bertz CT molecular complexity index is 709. The number of piperazine rings is 1. The monoisotopic (exact) mass is 327 g/mol. The van der Waals surface area contributed by atoms with Gasteiger partial charge in [0.1, 0.15) is 18.2 Å². The minimum Gasteiger partial charge on any atom is -0.353 e. The molecule has 1 atom stereocenters. The molecule has 1 aromatic heterocycles. The topological polar surface area (TPSA) is 63.1 Å². The van der Waals surface area contributed by atoms with Crippen molar-refractivity contribution in [2.45, 2.75) is 39.9 Å². The summed E-state index contributed by atoms with van der Waals surface area (Å²) in [5.74, 6) is 1.48. The number of hydrogen-bond donors (Lipinski definition) is 1. The lowest BCUT2D eigenvalue weighted by Gasteiger charge is -2.35. The second-order valence-corrected chi connectivity index (χ2v) is 6.77. The summed E-state index contributed by atoms with van der Waals surface area (Å²) in [4.78, 5) is 19.2. The van der Waals surface area contributed by atoms with Crippen LogP contribution in [0.5, 0.6) is 0 Å². The zero-order chi connectivity index (χ0) is 17.1. The Hall–Kier alpha value is -2.21. The molecule has 1 aliphatic heterocycles. The van der Waals surface area contributed by atoms with Crippen molar-refractivity contribution in [3.8, 4) is 0 Å². The molecule has 6 nitrogen and oxygen atoms in total. The third kappa shape index (κ3) is 3.48. The number of rotatable bonds is 5. The van der Waals surface area contributed by atoms with E-state index in [1.165, 1.54) is 0 Å². The fourth-order valence-corrected chi connectivity index (χ4v) is 3.21. The van der Waals surface area contributed by atoms with Crippen molar-refractivity contribution < 1.29 is 4.79 Å². The highest BCUT2D eigenvalue weighted by Crippen LogP contribution is 2.27. The van der Waals surface area contributed by atoms with Gasteiger partial charge < -0.3 is 5.32 Å². The average molecular weight is 327 g/mol. The molecule has 128 valence electrons. The number of aromatic nitrogens is 3. The fourth-order valence-electron chi connectivity index (χ4n) is 3.21. The summed E-state index contributed by atoms with van der Waals surface area (Å²) < 4.78 is 1.95. The average Bonchev–Trinajstić information content (AvgIpc) is 2.95. The van der Waals surface area contributed by atoms with Gasteiger partial charge in [-0.1, -0.05) is 38.1 Å². The normalized spacial score (nSPS) is 18.8. The molecule has 1 aromatic carbocycles. The zero-order valence-electron chi connectivity index (χ0n) is 14.6. The third-order valence-electron chi connectivity index (χ3n) is 4.37. The van der Waals surface area contributed by atoms with Gasteiger partial charge in [-0.15, -0.1) is 0 Å². The van der Waals surface area contributed by atoms with Crippen LogP contribution in [0, 0.1) is 12.8 Å². The van der Waals surface area contributed by atoms with E-state index >= 15 is 0 Å². The highest BCUT2D eigenvalue weighted by atomic mass is 16.2. The number of nitrogens with zero attached hydrogens (tertiary/aromatic N) is 4. The predicted molar refractivity (Wildman–Crippen MR) is 92.2 cm³/mol. The Morgan fingerprint density at radius 1 is 1.33 bits per heavy atom. The van der Waals surface area contributed by atoms with Crippen molar-refractivity contribution in [3.05, 3.63) is 47.5 Å². The molecule has 1 fully saturated rings. The highest BCUT2D eigenvalue weighted by molar-refractivity contribution is 5.84. The number of carbonyl (C=O) groups excluding carboxylic acids is 1. The molecule has 2 aromatic rings. The van der Waals surface area contributed by atoms with Crippen molar-refractivity contribution in [2.75, 3.05) is 13.1 Å². The van der Waals surface area contributed by atoms with E-state index in [0.717, 1.165) is 30.0 Å². The van der Waals surface area contributed by atoms with E-state index in [-0.39, 0.29) is 11.9 Å². The van der Waals surface area contributed by atoms with Gasteiger partial charge in [0.2, 0.25) is 5.91 Å². The van der Waals surface area contributed by atoms with Gasteiger partial charge in [-0.25, -0.2) is 9.67 Å².